The quantitative estimate of drug-likeness (QED) is 0.328. The summed E-state index contributed by atoms with van der Waals surface area (Å²) in [6.07, 6.45) is -0.0431. The van der Waals surface area contributed by atoms with Gasteiger partial charge in [-0.15, -0.1) is 0 Å². The Hall–Kier alpha value is -3.44. The van der Waals surface area contributed by atoms with Crippen molar-refractivity contribution >= 4 is 35.0 Å². The highest BCUT2D eigenvalue weighted by Gasteiger charge is 2.33. The second-order valence-corrected chi connectivity index (χ2v) is 10.5. The molecule has 0 aliphatic carbocycles. The summed E-state index contributed by atoms with van der Waals surface area (Å²) >= 11 is 0. The molecule has 0 saturated carbocycles. The third-order valence-corrected chi connectivity index (χ3v) is 8.74. The molecule has 3 aromatic carbocycles. The van der Waals surface area contributed by atoms with Crippen molar-refractivity contribution in [3.05, 3.63) is 95.0 Å². The average Bonchev–Trinajstić information content (AvgIpc) is 2.85. The van der Waals surface area contributed by atoms with Crippen LogP contribution < -0.4 is 15.5 Å². The summed E-state index contributed by atoms with van der Waals surface area (Å²) in [5.41, 5.74) is 0.946. The van der Waals surface area contributed by atoms with Crippen molar-refractivity contribution in [2.75, 3.05) is 37.2 Å². The first kappa shape index (κ1) is 21.8. The molecule has 32 heavy (non-hydrogen) atoms. The molecule has 7 nitrogen and oxygen atoms in total. The zero-order valence-corrected chi connectivity index (χ0v) is 18.4. The van der Waals surface area contributed by atoms with Crippen LogP contribution >= 0.6 is 7.14 Å². The summed E-state index contributed by atoms with van der Waals surface area (Å²) in [5.74, 6) is -0.121. The number of hydrogen-bond acceptors (Lipinski definition) is 5. The summed E-state index contributed by atoms with van der Waals surface area (Å²) < 4.78 is 14.1. The van der Waals surface area contributed by atoms with E-state index in [0.29, 0.717) is 36.8 Å². The van der Waals surface area contributed by atoms with Gasteiger partial charge in [0.1, 0.15) is 0 Å². The first-order chi connectivity index (χ1) is 15.5. The standard InChI is InChI=1S/C24H24N3O4P/c28-24(19-32(31,22-7-3-1-4-8-22)23-9-5-2-6-10-23)26-17-15-25(16-18-26)20-11-13-21(14-12-20)27(29)30/h1-14H,15-19H2. The van der Waals surface area contributed by atoms with E-state index in [1.54, 1.807) is 17.0 Å². The van der Waals surface area contributed by atoms with Crippen LogP contribution in [0.3, 0.4) is 0 Å². The molecule has 1 aliphatic rings. The number of nitro groups is 1. The highest BCUT2D eigenvalue weighted by Crippen LogP contribution is 2.43. The maximum Gasteiger partial charge on any atom is 0.269 e. The number of nitro benzene ring substituents is 1. The average molecular weight is 449 g/mol. The molecular formula is C24H24N3O4P. The van der Waals surface area contributed by atoms with E-state index in [1.807, 2.05) is 60.7 Å². The number of carbonyl (C=O) groups excluding carboxylic acids is 1. The molecule has 8 heteroatoms. The van der Waals surface area contributed by atoms with E-state index in [2.05, 4.69) is 4.90 Å². The molecule has 3 aromatic rings. The number of anilines is 1. The minimum absolute atomic E-state index is 0.0431. The lowest BCUT2D eigenvalue weighted by atomic mass is 10.2. The fourth-order valence-electron chi connectivity index (χ4n) is 3.96. The number of non-ortho nitro benzene ring substituents is 1. The monoisotopic (exact) mass is 449 g/mol. The third kappa shape index (κ3) is 4.58. The Labute approximate surface area is 186 Å². The van der Waals surface area contributed by atoms with Crippen molar-refractivity contribution in [2.45, 2.75) is 0 Å². The van der Waals surface area contributed by atoms with Gasteiger partial charge in [-0.25, -0.2) is 0 Å². The molecule has 1 amide bonds. The largest absolute Gasteiger partial charge is 0.368 e. The van der Waals surface area contributed by atoms with Crippen molar-refractivity contribution in [2.24, 2.45) is 0 Å². The Morgan fingerprint density at radius 2 is 1.31 bits per heavy atom. The van der Waals surface area contributed by atoms with Crippen LogP contribution in [0.1, 0.15) is 0 Å². The van der Waals surface area contributed by atoms with Crippen LogP contribution in [0.25, 0.3) is 0 Å². The predicted molar refractivity (Wildman–Crippen MR) is 127 cm³/mol. The van der Waals surface area contributed by atoms with E-state index in [-0.39, 0.29) is 17.8 Å². The van der Waals surface area contributed by atoms with Gasteiger partial charge in [0.05, 0.1) is 11.1 Å². The Morgan fingerprint density at radius 1 is 0.812 bits per heavy atom. The number of piperazine rings is 1. The lowest BCUT2D eigenvalue weighted by molar-refractivity contribution is -0.384. The molecule has 1 heterocycles. The van der Waals surface area contributed by atoms with Crippen molar-refractivity contribution in [3.63, 3.8) is 0 Å². The molecule has 1 fully saturated rings. The molecule has 0 spiro atoms. The number of amides is 1. The molecule has 0 unspecified atom stereocenters. The van der Waals surface area contributed by atoms with Crippen LogP contribution in [0.15, 0.2) is 84.9 Å². The molecule has 1 aliphatic heterocycles. The first-order valence-electron chi connectivity index (χ1n) is 10.4. The maximum atomic E-state index is 14.1. The van der Waals surface area contributed by atoms with E-state index in [9.17, 15) is 19.5 Å². The Morgan fingerprint density at radius 3 is 1.78 bits per heavy atom. The van der Waals surface area contributed by atoms with Crippen molar-refractivity contribution < 1.29 is 14.3 Å². The molecule has 4 rings (SSSR count). The van der Waals surface area contributed by atoms with E-state index in [1.165, 1.54) is 12.1 Å². The zero-order valence-electron chi connectivity index (χ0n) is 17.5. The summed E-state index contributed by atoms with van der Waals surface area (Å²) in [5, 5.41) is 12.2. The molecule has 164 valence electrons. The smallest absolute Gasteiger partial charge is 0.269 e. The van der Waals surface area contributed by atoms with Gasteiger partial charge in [0.2, 0.25) is 5.91 Å². The summed E-state index contributed by atoms with van der Waals surface area (Å²) in [6, 6.07) is 24.9. The Kier molecular flexibility index (Phi) is 6.37. The van der Waals surface area contributed by atoms with Crippen LogP contribution in [-0.4, -0.2) is 48.1 Å². The second kappa shape index (κ2) is 9.37. The van der Waals surface area contributed by atoms with Gasteiger partial charge in [-0.2, -0.15) is 0 Å². The van der Waals surface area contributed by atoms with Crippen molar-refractivity contribution in [1.29, 1.82) is 0 Å². The normalized spacial score (nSPS) is 14.2. The summed E-state index contributed by atoms with van der Waals surface area (Å²) in [7, 11) is -3.10. The number of benzene rings is 3. The van der Waals surface area contributed by atoms with E-state index in [4.69, 9.17) is 0 Å². The Balaban J connectivity index is 1.46. The van der Waals surface area contributed by atoms with Crippen LogP contribution in [0.2, 0.25) is 0 Å². The van der Waals surface area contributed by atoms with Gasteiger partial charge in [-0.3, -0.25) is 14.9 Å². The topological polar surface area (TPSA) is 83.8 Å². The van der Waals surface area contributed by atoms with Crippen LogP contribution in [0.5, 0.6) is 0 Å². The Bertz CT molecular complexity index is 1090. The number of nitrogens with zero attached hydrogens (tertiary/aromatic N) is 3. The lowest BCUT2D eigenvalue weighted by Gasteiger charge is -2.36. The number of hydrogen-bond donors (Lipinski definition) is 0. The van der Waals surface area contributed by atoms with Gasteiger partial charge < -0.3 is 14.4 Å². The van der Waals surface area contributed by atoms with E-state index in [0.717, 1.165) is 5.69 Å². The predicted octanol–water partition coefficient (Wildman–Crippen LogP) is 3.26. The van der Waals surface area contributed by atoms with Gasteiger partial charge in [0.25, 0.3) is 5.69 Å². The van der Waals surface area contributed by atoms with Gasteiger partial charge in [-0.05, 0) is 12.1 Å². The van der Waals surface area contributed by atoms with Crippen LogP contribution in [0.4, 0.5) is 11.4 Å². The van der Waals surface area contributed by atoms with E-state index < -0.39 is 12.1 Å². The second-order valence-electron chi connectivity index (χ2n) is 7.71. The summed E-state index contributed by atoms with van der Waals surface area (Å²) in [4.78, 5) is 27.5. The van der Waals surface area contributed by atoms with Crippen LogP contribution in [0, 0.1) is 10.1 Å². The number of carbonyl (C=O) groups is 1. The third-order valence-electron chi connectivity index (χ3n) is 5.76. The molecule has 0 atom stereocenters. The molecule has 1 saturated heterocycles. The van der Waals surface area contributed by atoms with Gasteiger partial charge in [-0.1, -0.05) is 60.7 Å². The van der Waals surface area contributed by atoms with Gasteiger partial charge in [0.15, 0.2) is 7.14 Å². The van der Waals surface area contributed by atoms with E-state index >= 15 is 0 Å². The highest BCUT2D eigenvalue weighted by molar-refractivity contribution is 7.79. The molecule has 0 radical (unpaired) electrons. The minimum Gasteiger partial charge on any atom is -0.368 e. The first-order valence-corrected chi connectivity index (χ1v) is 12.3. The highest BCUT2D eigenvalue weighted by atomic mass is 31.2. The summed E-state index contributed by atoms with van der Waals surface area (Å²) in [6.45, 7) is 2.26. The zero-order chi connectivity index (χ0) is 22.6. The SMILES string of the molecule is O=C(CP(=O)(c1ccccc1)c1ccccc1)N1CCN(c2ccc([N+](=O)[O-])cc2)CC1. The fourth-order valence-corrected chi connectivity index (χ4v) is 6.51. The molecule has 0 aromatic heterocycles. The number of rotatable bonds is 6. The fraction of sp³-hybridized carbons (Fsp3) is 0.208. The van der Waals surface area contributed by atoms with Gasteiger partial charge in [0, 0.05) is 54.6 Å². The molecule has 0 N–H and O–H groups in total. The maximum absolute atomic E-state index is 14.1. The van der Waals surface area contributed by atoms with Crippen LogP contribution in [-0.2, 0) is 9.36 Å². The minimum atomic E-state index is -3.10. The van der Waals surface area contributed by atoms with Crippen molar-refractivity contribution in [3.8, 4) is 0 Å². The molecule has 0 bridgehead atoms. The molecular weight excluding hydrogens is 425 g/mol. The van der Waals surface area contributed by atoms with Crippen molar-refractivity contribution in [1.82, 2.24) is 4.90 Å². The van der Waals surface area contributed by atoms with Gasteiger partial charge >= 0.3 is 0 Å². The lowest BCUT2D eigenvalue weighted by Crippen LogP contribution is -2.50.